The summed E-state index contributed by atoms with van der Waals surface area (Å²) in [6, 6.07) is 3.35. The molecule has 0 aromatic carbocycles. The molecule has 0 aliphatic carbocycles. The number of aromatic nitrogens is 1. The number of hydrogen-bond donors (Lipinski definition) is 1. The van der Waals surface area contributed by atoms with Crippen LogP contribution in [-0.4, -0.2) is 59.2 Å². The minimum Gasteiger partial charge on any atom is -0.348 e. The van der Waals surface area contributed by atoms with Gasteiger partial charge in [-0.3, -0.25) is 9.59 Å². The molecule has 2 rings (SSSR count). The first-order valence-corrected chi connectivity index (χ1v) is 6.33. The van der Waals surface area contributed by atoms with Gasteiger partial charge in [0.15, 0.2) is 5.78 Å². The lowest BCUT2D eigenvalue weighted by molar-refractivity contribution is 0.0638. The Morgan fingerprint density at radius 2 is 1.78 bits per heavy atom. The standard InChI is InChI=1S/C13H19N3O2/c1-3-15-6-8-16(9-7-15)13(18)12-5-4-11(14-12)10(2)17/h4-5,14H,3,6-9H2,1-2H3. The number of aromatic amines is 1. The Morgan fingerprint density at radius 1 is 1.17 bits per heavy atom. The summed E-state index contributed by atoms with van der Waals surface area (Å²) in [5, 5.41) is 0. The summed E-state index contributed by atoms with van der Waals surface area (Å²) < 4.78 is 0. The Morgan fingerprint density at radius 3 is 2.28 bits per heavy atom. The summed E-state index contributed by atoms with van der Waals surface area (Å²) in [4.78, 5) is 30.4. The van der Waals surface area contributed by atoms with E-state index in [-0.39, 0.29) is 11.7 Å². The van der Waals surface area contributed by atoms with Crippen molar-refractivity contribution < 1.29 is 9.59 Å². The number of hydrogen-bond acceptors (Lipinski definition) is 3. The van der Waals surface area contributed by atoms with Gasteiger partial charge in [0.1, 0.15) is 5.69 Å². The zero-order valence-corrected chi connectivity index (χ0v) is 10.9. The monoisotopic (exact) mass is 249 g/mol. The molecule has 1 aliphatic heterocycles. The highest BCUT2D eigenvalue weighted by molar-refractivity contribution is 5.97. The number of carbonyl (C=O) groups is 2. The molecule has 18 heavy (non-hydrogen) atoms. The molecule has 2 heterocycles. The number of likely N-dealkylation sites (N-methyl/N-ethyl adjacent to an activating group) is 1. The third kappa shape index (κ3) is 2.61. The van der Waals surface area contributed by atoms with E-state index in [1.54, 1.807) is 12.1 Å². The number of Topliss-reactive ketones (excluding diaryl/α,β-unsaturated/α-hetero) is 1. The largest absolute Gasteiger partial charge is 0.348 e. The Hall–Kier alpha value is -1.62. The fourth-order valence-electron chi connectivity index (χ4n) is 2.16. The second-order valence-electron chi connectivity index (χ2n) is 4.57. The number of rotatable bonds is 3. The van der Waals surface area contributed by atoms with Crippen LogP contribution in [0.25, 0.3) is 0 Å². The molecule has 0 bridgehead atoms. The molecule has 5 heteroatoms. The molecule has 98 valence electrons. The minimum atomic E-state index is -0.0511. The maximum Gasteiger partial charge on any atom is 0.270 e. The van der Waals surface area contributed by atoms with Crippen molar-refractivity contribution >= 4 is 11.7 Å². The van der Waals surface area contributed by atoms with Gasteiger partial charge in [-0.25, -0.2) is 0 Å². The molecule has 1 fully saturated rings. The van der Waals surface area contributed by atoms with E-state index in [2.05, 4.69) is 16.8 Å². The molecule has 0 saturated carbocycles. The lowest BCUT2D eigenvalue weighted by atomic mass is 10.3. The average molecular weight is 249 g/mol. The molecule has 1 aliphatic rings. The van der Waals surface area contributed by atoms with E-state index >= 15 is 0 Å². The molecular formula is C13H19N3O2. The lowest BCUT2D eigenvalue weighted by Gasteiger charge is -2.33. The van der Waals surface area contributed by atoms with Gasteiger partial charge >= 0.3 is 0 Å². The van der Waals surface area contributed by atoms with E-state index in [4.69, 9.17) is 0 Å². The van der Waals surface area contributed by atoms with Gasteiger partial charge in [0.25, 0.3) is 5.91 Å². The molecule has 1 aromatic heterocycles. The molecule has 0 atom stereocenters. The van der Waals surface area contributed by atoms with Crippen LogP contribution in [0.1, 0.15) is 34.8 Å². The average Bonchev–Trinajstić information content (AvgIpc) is 2.88. The maximum atomic E-state index is 12.2. The van der Waals surface area contributed by atoms with Gasteiger partial charge in [0, 0.05) is 33.1 Å². The number of nitrogens with one attached hydrogen (secondary N) is 1. The molecule has 1 N–H and O–H groups in total. The smallest absolute Gasteiger partial charge is 0.270 e. The first kappa shape index (κ1) is 12.8. The summed E-state index contributed by atoms with van der Waals surface area (Å²) in [6.45, 7) is 7.98. The van der Waals surface area contributed by atoms with Gasteiger partial charge in [-0.15, -0.1) is 0 Å². The van der Waals surface area contributed by atoms with E-state index in [0.717, 1.165) is 32.7 Å². The fraction of sp³-hybridized carbons (Fsp3) is 0.538. The summed E-state index contributed by atoms with van der Waals surface area (Å²) in [7, 11) is 0. The van der Waals surface area contributed by atoms with Crippen molar-refractivity contribution in [3.8, 4) is 0 Å². The number of nitrogens with zero attached hydrogens (tertiary/aromatic N) is 2. The summed E-state index contributed by atoms with van der Waals surface area (Å²) in [5.41, 5.74) is 0.996. The van der Waals surface area contributed by atoms with Gasteiger partial charge in [0.2, 0.25) is 0 Å². The number of H-pyrrole nitrogens is 1. The number of amides is 1. The fourth-order valence-corrected chi connectivity index (χ4v) is 2.16. The van der Waals surface area contributed by atoms with Crippen LogP contribution < -0.4 is 0 Å². The van der Waals surface area contributed by atoms with Crippen LogP contribution in [-0.2, 0) is 0 Å². The third-order valence-electron chi connectivity index (χ3n) is 3.40. The molecule has 1 aromatic rings. The van der Waals surface area contributed by atoms with Gasteiger partial charge in [-0.1, -0.05) is 6.92 Å². The van der Waals surface area contributed by atoms with Crippen molar-refractivity contribution in [2.75, 3.05) is 32.7 Å². The predicted octanol–water partition coefficient (Wildman–Crippen LogP) is 0.995. The van der Waals surface area contributed by atoms with Crippen LogP contribution in [0.5, 0.6) is 0 Å². The van der Waals surface area contributed by atoms with E-state index in [9.17, 15) is 9.59 Å². The molecule has 5 nitrogen and oxygen atoms in total. The van der Waals surface area contributed by atoms with Crippen LogP contribution in [0.4, 0.5) is 0 Å². The summed E-state index contributed by atoms with van der Waals surface area (Å²) in [6.07, 6.45) is 0. The summed E-state index contributed by atoms with van der Waals surface area (Å²) in [5.74, 6) is -0.0666. The SMILES string of the molecule is CCN1CCN(C(=O)c2ccc(C(C)=O)[nH]2)CC1. The van der Waals surface area contributed by atoms with E-state index in [1.165, 1.54) is 6.92 Å². The van der Waals surface area contributed by atoms with Crippen molar-refractivity contribution in [3.05, 3.63) is 23.5 Å². The highest BCUT2D eigenvalue weighted by atomic mass is 16.2. The van der Waals surface area contributed by atoms with Crippen molar-refractivity contribution in [1.29, 1.82) is 0 Å². The molecule has 0 radical (unpaired) electrons. The van der Waals surface area contributed by atoms with Gasteiger partial charge < -0.3 is 14.8 Å². The van der Waals surface area contributed by atoms with E-state index < -0.39 is 0 Å². The normalized spacial score (nSPS) is 16.9. The Bertz CT molecular complexity index is 445. The predicted molar refractivity (Wildman–Crippen MR) is 68.8 cm³/mol. The highest BCUT2D eigenvalue weighted by Gasteiger charge is 2.22. The van der Waals surface area contributed by atoms with E-state index in [1.807, 2.05) is 4.90 Å². The van der Waals surface area contributed by atoms with Crippen LogP contribution >= 0.6 is 0 Å². The van der Waals surface area contributed by atoms with Crippen LogP contribution in [0.2, 0.25) is 0 Å². The second kappa shape index (κ2) is 5.35. The summed E-state index contributed by atoms with van der Waals surface area (Å²) >= 11 is 0. The first-order valence-electron chi connectivity index (χ1n) is 6.33. The minimum absolute atomic E-state index is 0.0155. The Labute approximate surface area is 107 Å². The second-order valence-corrected chi connectivity index (χ2v) is 4.57. The Kier molecular flexibility index (Phi) is 3.81. The lowest BCUT2D eigenvalue weighted by Crippen LogP contribution is -2.48. The number of ketones is 1. The van der Waals surface area contributed by atoms with Crippen LogP contribution in [0, 0.1) is 0 Å². The quantitative estimate of drug-likeness (QED) is 0.813. The molecular weight excluding hydrogens is 230 g/mol. The Balaban J connectivity index is 2.01. The van der Waals surface area contributed by atoms with Gasteiger partial charge in [0.05, 0.1) is 5.69 Å². The zero-order valence-electron chi connectivity index (χ0n) is 10.9. The van der Waals surface area contributed by atoms with Gasteiger partial charge in [-0.2, -0.15) is 0 Å². The third-order valence-corrected chi connectivity index (χ3v) is 3.40. The van der Waals surface area contributed by atoms with Gasteiger partial charge in [-0.05, 0) is 18.7 Å². The topological polar surface area (TPSA) is 56.4 Å². The highest BCUT2D eigenvalue weighted by Crippen LogP contribution is 2.09. The van der Waals surface area contributed by atoms with Crippen LogP contribution in [0.3, 0.4) is 0 Å². The van der Waals surface area contributed by atoms with E-state index in [0.29, 0.717) is 11.4 Å². The van der Waals surface area contributed by atoms with Crippen molar-refractivity contribution in [2.45, 2.75) is 13.8 Å². The molecule has 0 spiro atoms. The van der Waals surface area contributed by atoms with Crippen molar-refractivity contribution in [3.63, 3.8) is 0 Å². The molecule has 1 amide bonds. The maximum absolute atomic E-state index is 12.2. The zero-order chi connectivity index (χ0) is 13.1. The van der Waals surface area contributed by atoms with Crippen molar-refractivity contribution in [1.82, 2.24) is 14.8 Å². The first-order chi connectivity index (χ1) is 8.61. The van der Waals surface area contributed by atoms with Crippen LogP contribution in [0.15, 0.2) is 12.1 Å². The number of piperazine rings is 1. The van der Waals surface area contributed by atoms with Crippen molar-refractivity contribution in [2.24, 2.45) is 0 Å². The number of carbonyl (C=O) groups excluding carboxylic acids is 2. The molecule has 0 unspecified atom stereocenters. The molecule has 1 saturated heterocycles.